The van der Waals surface area contributed by atoms with Crippen LogP contribution in [0.15, 0.2) is 72.9 Å². The zero-order chi connectivity index (χ0) is 22.8. The number of benzene rings is 2. The second kappa shape index (κ2) is 11.3. The van der Waals surface area contributed by atoms with E-state index in [4.69, 9.17) is 4.74 Å². The molecule has 0 bridgehead atoms. The second-order valence-corrected chi connectivity index (χ2v) is 6.86. The second-order valence-electron chi connectivity index (χ2n) is 6.86. The zero-order valence-electron chi connectivity index (χ0n) is 17.6. The summed E-state index contributed by atoms with van der Waals surface area (Å²) in [6, 6.07) is 19.3. The van der Waals surface area contributed by atoms with Gasteiger partial charge in [0, 0.05) is 31.4 Å². The van der Waals surface area contributed by atoms with Gasteiger partial charge in [0.1, 0.15) is 5.75 Å². The number of aromatic nitrogens is 1. The average Bonchev–Trinajstić information content (AvgIpc) is 2.83. The summed E-state index contributed by atoms with van der Waals surface area (Å²) in [5, 5.41) is 7.87. The zero-order valence-corrected chi connectivity index (χ0v) is 17.6. The Balaban J connectivity index is 1.54. The van der Waals surface area contributed by atoms with Crippen molar-refractivity contribution in [1.29, 1.82) is 0 Å². The molecule has 3 rings (SSSR count). The number of methoxy groups -OCH3 is 1. The molecule has 1 aromatic heterocycles. The van der Waals surface area contributed by atoms with Gasteiger partial charge >= 0.3 is 11.8 Å². The minimum Gasteiger partial charge on any atom is -0.497 e. The van der Waals surface area contributed by atoms with E-state index in [1.165, 1.54) is 0 Å². The van der Waals surface area contributed by atoms with E-state index in [9.17, 15) is 14.4 Å². The summed E-state index contributed by atoms with van der Waals surface area (Å²) in [7, 11) is 1.59. The number of carbonyl (C=O) groups excluding carboxylic acids is 3. The molecule has 32 heavy (non-hydrogen) atoms. The van der Waals surface area contributed by atoms with Gasteiger partial charge in [-0.1, -0.05) is 30.3 Å². The van der Waals surface area contributed by atoms with Gasteiger partial charge in [-0.15, -0.1) is 0 Å². The third kappa shape index (κ3) is 6.40. The van der Waals surface area contributed by atoms with E-state index < -0.39 is 11.8 Å². The summed E-state index contributed by atoms with van der Waals surface area (Å²) in [6.45, 7) is 0.576. The Kier molecular flexibility index (Phi) is 7.91. The number of hydrogen-bond acceptors (Lipinski definition) is 5. The van der Waals surface area contributed by atoms with Crippen LogP contribution in [0, 0.1) is 0 Å². The molecule has 0 atom stereocenters. The van der Waals surface area contributed by atoms with Crippen molar-refractivity contribution >= 4 is 23.4 Å². The van der Waals surface area contributed by atoms with Crippen LogP contribution in [0.2, 0.25) is 0 Å². The Morgan fingerprint density at radius 1 is 0.875 bits per heavy atom. The van der Waals surface area contributed by atoms with Gasteiger partial charge in [0.2, 0.25) is 0 Å². The van der Waals surface area contributed by atoms with Crippen molar-refractivity contribution in [2.45, 2.75) is 13.0 Å². The number of amides is 3. The van der Waals surface area contributed by atoms with Gasteiger partial charge in [0.05, 0.1) is 18.4 Å². The molecule has 0 fully saturated rings. The lowest BCUT2D eigenvalue weighted by Gasteiger charge is -2.12. The Hall–Kier alpha value is -4.20. The van der Waals surface area contributed by atoms with Gasteiger partial charge < -0.3 is 20.7 Å². The molecular weight excluding hydrogens is 408 g/mol. The fourth-order valence-electron chi connectivity index (χ4n) is 2.92. The predicted octanol–water partition coefficient (Wildman–Crippen LogP) is 2.32. The molecule has 1 heterocycles. The van der Waals surface area contributed by atoms with Crippen LogP contribution in [-0.4, -0.2) is 36.4 Å². The molecule has 0 radical (unpaired) electrons. The lowest BCUT2D eigenvalue weighted by Crippen LogP contribution is -2.37. The van der Waals surface area contributed by atoms with E-state index in [0.29, 0.717) is 13.0 Å². The number of ether oxygens (including phenoxy) is 1. The van der Waals surface area contributed by atoms with E-state index in [1.54, 1.807) is 43.6 Å². The Labute approximate surface area is 186 Å². The summed E-state index contributed by atoms with van der Waals surface area (Å²) < 4.78 is 5.12. The molecule has 3 aromatic rings. The van der Waals surface area contributed by atoms with Gasteiger partial charge in [-0.3, -0.25) is 19.4 Å². The fraction of sp³-hybridized carbons (Fsp3) is 0.167. The Morgan fingerprint density at radius 2 is 1.62 bits per heavy atom. The number of carbonyl (C=O) groups is 3. The van der Waals surface area contributed by atoms with Crippen molar-refractivity contribution in [2.75, 3.05) is 19.0 Å². The lowest BCUT2D eigenvalue weighted by molar-refractivity contribution is -0.136. The normalized spacial score (nSPS) is 10.2. The quantitative estimate of drug-likeness (QED) is 0.473. The highest BCUT2D eigenvalue weighted by Crippen LogP contribution is 2.16. The number of rotatable bonds is 8. The van der Waals surface area contributed by atoms with Crippen LogP contribution in [0.5, 0.6) is 5.75 Å². The third-order valence-electron chi connectivity index (χ3n) is 4.63. The van der Waals surface area contributed by atoms with Crippen LogP contribution in [0.25, 0.3) is 0 Å². The van der Waals surface area contributed by atoms with E-state index >= 15 is 0 Å². The molecule has 0 aliphatic rings. The first-order chi connectivity index (χ1) is 15.6. The van der Waals surface area contributed by atoms with E-state index in [2.05, 4.69) is 20.9 Å². The molecule has 0 spiro atoms. The smallest absolute Gasteiger partial charge is 0.313 e. The van der Waals surface area contributed by atoms with Crippen molar-refractivity contribution < 1.29 is 19.1 Å². The van der Waals surface area contributed by atoms with Crippen LogP contribution in [-0.2, 0) is 22.6 Å². The predicted molar refractivity (Wildman–Crippen MR) is 120 cm³/mol. The van der Waals surface area contributed by atoms with Crippen molar-refractivity contribution in [3.63, 3.8) is 0 Å². The van der Waals surface area contributed by atoms with Gasteiger partial charge in [0.25, 0.3) is 5.91 Å². The highest BCUT2D eigenvalue weighted by molar-refractivity contribution is 6.40. The Bertz CT molecular complexity index is 1070. The first kappa shape index (κ1) is 22.5. The van der Waals surface area contributed by atoms with Crippen LogP contribution in [0.1, 0.15) is 21.6 Å². The van der Waals surface area contributed by atoms with Crippen LogP contribution in [0.3, 0.4) is 0 Å². The number of para-hydroxylation sites is 1. The molecule has 0 saturated carbocycles. The van der Waals surface area contributed by atoms with E-state index in [1.807, 2.05) is 36.4 Å². The largest absolute Gasteiger partial charge is 0.497 e. The highest BCUT2D eigenvalue weighted by Gasteiger charge is 2.17. The van der Waals surface area contributed by atoms with Gasteiger partial charge in [-0.05, 0) is 42.0 Å². The van der Waals surface area contributed by atoms with E-state index in [0.717, 1.165) is 17.0 Å². The maximum Gasteiger partial charge on any atom is 0.313 e. The van der Waals surface area contributed by atoms with Crippen molar-refractivity contribution in [2.24, 2.45) is 0 Å². The molecule has 164 valence electrons. The minimum absolute atomic E-state index is 0.254. The maximum absolute atomic E-state index is 12.6. The Morgan fingerprint density at radius 3 is 2.34 bits per heavy atom. The van der Waals surface area contributed by atoms with E-state index in [-0.39, 0.29) is 23.7 Å². The van der Waals surface area contributed by atoms with Crippen molar-refractivity contribution in [3.8, 4) is 5.75 Å². The number of nitrogens with zero attached hydrogens (tertiary/aromatic N) is 1. The maximum atomic E-state index is 12.6. The summed E-state index contributed by atoms with van der Waals surface area (Å²) >= 11 is 0. The van der Waals surface area contributed by atoms with Crippen LogP contribution >= 0.6 is 0 Å². The summed E-state index contributed by atoms with van der Waals surface area (Å²) in [4.78, 5) is 41.2. The summed E-state index contributed by atoms with van der Waals surface area (Å²) in [5.74, 6) is -1.27. The molecule has 8 heteroatoms. The first-order valence-corrected chi connectivity index (χ1v) is 10.1. The summed E-state index contributed by atoms with van der Waals surface area (Å²) in [6.07, 6.45) is 2.17. The van der Waals surface area contributed by atoms with Gasteiger partial charge in [-0.2, -0.15) is 0 Å². The number of anilines is 1. The molecule has 8 nitrogen and oxygen atoms in total. The SMILES string of the molecule is COc1ccc(CNC(=O)c2ccccc2NC(=O)C(=O)NCCc2ccccn2)cc1. The van der Waals surface area contributed by atoms with Crippen molar-refractivity contribution in [1.82, 2.24) is 15.6 Å². The minimum atomic E-state index is -0.846. The molecule has 0 aliphatic heterocycles. The van der Waals surface area contributed by atoms with Gasteiger partial charge in [-0.25, -0.2) is 0 Å². The molecule has 0 unspecified atom stereocenters. The number of hydrogen-bond donors (Lipinski definition) is 3. The molecule has 0 aliphatic carbocycles. The molecule has 3 N–H and O–H groups in total. The lowest BCUT2D eigenvalue weighted by atomic mass is 10.1. The van der Waals surface area contributed by atoms with Crippen LogP contribution < -0.4 is 20.7 Å². The van der Waals surface area contributed by atoms with Crippen molar-refractivity contribution in [3.05, 3.63) is 89.7 Å². The van der Waals surface area contributed by atoms with Crippen LogP contribution in [0.4, 0.5) is 5.69 Å². The molecular formula is C24H24N4O4. The fourth-order valence-corrected chi connectivity index (χ4v) is 2.92. The molecule has 2 aromatic carbocycles. The highest BCUT2D eigenvalue weighted by atomic mass is 16.5. The summed E-state index contributed by atoms with van der Waals surface area (Å²) in [5.41, 5.74) is 2.22. The first-order valence-electron chi connectivity index (χ1n) is 10.1. The number of pyridine rings is 1. The third-order valence-corrected chi connectivity index (χ3v) is 4.63. The molecule has 0 saturated heterocycles. The number of nitrogens with one attached hydrogen (secondary N) is 3. The monoisotopic (exact) mass is 432 g/mol. The average molecular weight is 432 g/mol. The van der Waals surface area contributed by atoms with Gasteiger partial charge in [0.15, 0.2) is 0 Å². The standard InChI is InChI=1S/C24H24N4O4/c1-32-19-11-9-17(10-12-19)16-27-22(29)20-7-2-3-8-21(20)28-24(31)23(30)26-15-13-18-6-4-5-14-25-18/h2-12,14H,13,15-16H2,1H3,(H,26,30)(H,27,29)(H,28,31). The molecule has 3 amide bonds. The topological polar surface area (TPSA) is 109 Å².